The zero-order chi connectivity index (χ0) is 23.9. The Hall–Kier alpha value is -4.12. The van der Waals surface area contributed by atoms with Crippen LogP contribution in [-0.2, 0) is 11.3 Å². The second-order valence-electron chi connectivity index (χ2n) is 8.60. The molecule has 0 atom stereocenters. The summed E-state index contributed by atoms with van der Waals surface area (Å²) in [6, 6.07) is 11.2. The Morgan fingerprint density at radius 3 is 2.66 bits per heavy atom. The second kappa shape index (κ2) is 8.58. The van der Waals surface area contributed by atoms with Gasteiger partial charge in [0.2, 0.25) is 12.6 Å². The zero-order valence-electron chi connectivity index (χ0n) is 19.1. The van der Waals surface area contributed by atoms with Crippen LogP contribution in [0.15, 0.2) is 40.9 Å². The van der Waals surface area contributed by atoms with Crippen molar-refractivity contribution in [3.63, 3.8) is 0 Å². The second-order valence-corrected chi connectivity index (χ2v) is 8.60. The number of amides is 2. The highest BCUT2D eigenvalue weighted by Crippen LogP contribution is 2.35. The van der Waals surface area contributed by atoms with Crippen LogP contribution in [0.25, 0.3) is 11.4 Å². The summed E-state index contributed by atoms with van der Waals surface area (Å²) in [5, 5.41) is 3.98. The van der Waals surface area contributed by atoms with Gasteiger partial charge in [-0.05, 0) is 35.9 Å². The van der Waals surface area contributed by atoms with E-state index in [1.807, 2.05) is 18.2 Å². The average molecular weight is 477 g/mol. The number of hydrogen-bond acceptors (Lipinski definition) is 9. The molecule has 1 saturated heterocycles. The molecule has 3 aliphatic rings. The molecule has 0 spiro atoms. The van der Waals surface area contributed by atoms with Crippen LogP contribution in [0.2, 0.25) is 0 Å². The summed E-state index contributed by atoms with van der Waals surface area (Å²) < 4.78 is 21.6. The van der Waals surface area contributed by atoms with Gasteiger partial charge >= 0.3 is 11.8 Å². The molecule has 0 bridgehead atoms. The summed E-state index contributed by atoms with van der Waals surface area (Å²) in [4.78, 5) is 34.6. The minimum atomic E-state index is -0.286. The van der Waals surface area contributed by atoms with Gasteiger partial charge < -0.3 is 28.5 Å². The van der Waals surface area contributed by atoms with Gasteiger partial charge in [0.15, 0.2) is 18.1 Å². The molecule has 2 amide bonds. The number of fused-ring (bicyclic) bond motifs is 2. The Morgan fingerprint density at radius 2 is 1.80 bits per heavy atom. The molecule has 11 heteroatoms. The fraction of sp³-hybridized carbons (Fsp3) is 0.333. The average Bonchev–Trinajstić information content (AvgIpc) is 3.56. The summed E-state index contributed by atoms with van der Waals surface area (Å²) in [7, 11) is 1.70. The summed E-state index contributed by atoms with van der Waals surface area (Å²) in [5.74, 6) is 1.94. The molecule has 35 heavy (non-hydrogen) atoms. The van der Waals surface area contributed by atoms with Gasteiger partial charge in [0, 0.05) is 45.3 Å². The van der Waals surface area contributed by atoms with E-state index in [2.05, 4.69) is 15.0 Å². The molecule has 0 radical (unpaired) electrons. The first-order chi connectivity index (χ1) is 17.0. The lowest BCUT2D eigenvalue weighted by Crippen LogP contribution is -2.48. The number of rotatable bonds is 4. The van der Waals surface area contributed by atoms with E-state index in [-0.39, 0.29) is 31.1 Å². The van der Waals surface area contributed by atoms with Crippen LogP contribution in [0.3, 0.4) is 0 Å². The Bertz CT molecular complexity index is 1300. The number of nitrogens with zero attached hydrogens (tertiary/aromatic N) is 5. The van der Waals surface area contributed by atoms with Crippen molar-refractivity contribution in [1.82, 2.24) is 19.9 Å². The lowest BCUT2D eigenvalue weighted by molar-refractivity contribution is -0.120. The fourth-order valence-electron chi connectivity index (χ4n) is 4.39. The Morgan fingerprint density at radius 1 is 0.971 bits per heavy atom. The molecule has 4 heterocycles. The molecule has 2 aromatic carbocycles. The van der Waals surface area contributed by atoms with Gasteiger partial charge in [-0.25, -0.2) is 0 Å². The Labute approximate surface area is 200 Å². The predicted molar refractivity (Wildman–Crippen MR) is 122 cm³/mol. The monoisotopic (exact) mass is 477 g/mol. The number of anilines is 1. The SMILES string of the molecule is CN1C(=O)COc2cc(-c3noc(C(=O)N4CCN(Cc5ccc6c(c5)OCO6)CC4)n3)ccc21. The van der Waals surface area contributed by atoms with E-state index in [4.69, 9.17) is 18.7 Å². The molecule has 11 nitrogen and oxygen atoms in total. The first-order valence-corrected chi connectivity index (χ1v) is 11.3. The van der Waals surface area contributed by atoms with E-state index >= 15 is 0 Å². The molecule has 1 aromatic heterocycles. The van der Waals surface area contributed by atoms with Gasteiger partial charge in [-0.3, -0.25) is 14.5 Å². The van der Waals surface area contributed by atoms with Gasteiger partial charge in [0.1, 0.15) is 5.75 Å². The topological polar surface area (TPSA) is 110 Å². The van der Waals surface area contributed by atoms with Crippen molar-refractivity contribution in [2.45, 2.75) is 6.54 Å². The minimum absolute atomic E-state index is 0.0242. The van der Waals surface area contributed by atoms with Gasteiger partial charge in [0.25, 0.3) is 5.91 Å². The standard InChI is InChI=1S/C24H23N5O6/c1-27-17-4-3-16(11-19(17)32-13-21(27)30)22-25-23(35-26-22)24(31)29-8-6-28(7-9-29)12-15-2-5-18-20(10-15)34-14-33-18/h2-5,10-11H,6-9,12-14H2,1H3. The van der Waals surface area contributed by atoms with Crippen molar-refractivity contribution in [3.05, 3.63) is 47.9 Å². The van der Waals surface area contributed by atoms with E-state index in [0.717, 1.165) is 36.7 Å². The van der Waals surface area contributed by atoms with Crippen LogP contribution in [0, 0.1) is 0 Å². The van der Waals surface area contributed by atoms with Crippen LogP contribution in [0.4, 0.5) is 5.69 Å². The predicted octanol–water partition coefficient (Wildman–Crippen LogP) is 1.78. The summed E-state index contributed by atoms with van der Waals surface area (Å²) in [6.07, 6.45) is 0. The summed E-state index contributed by atoms with van der Waals surface area (Å²) in [5.41, 5.74) is 2.45. The lowest BCUT2D eigenvalue weighted by atomic mass is 10.1. The van der Waals surface area contributed by atoms with Crippen LogP contribution in [-0.4, -0.2) is 78.4 Å². The fourth-order valence-corrected chi connectivity index (χ4v) is 4.39. The normalized spacial score (nSPS) is 17.3. The number of carbonyl (C=O) groups excluding carboxylic acids is 2. The Kier molecular flexibility index (Phi) is 5.25. The first-order valence-electron chi connectivity index (χ1n) is 11.3. The highest BCUT2D eigenvalue weighted by molar-refractivity contribution is 5.97. The molecular weight excluding hydrogens is 454 g/mol. The maximum absolute atomic E-state index is 13.0. The highest BCUT2D eigenvalue weighted by atomic mass is 16.7. The Balaban J connectivity index is 1.08. The number of likely N-dealkylation sites (N-methyl/N-ethyl adjacent to an activating group) is 1. The molecule has 3 aromatic rings. The van der Waals surface area contributed by atoms with Crippen LogP contribution < -0.4 is 19.1 Å². The number of ether oxygens (including phenoxy) is 3. The van der Waals surface area contributed by atoms with E-state index < -0.39 is 0 Å². The third kappa shape index (κ3) is 4.03. The third-order valence-electron chi connectivity index (χ3n) is 6.42. The molecule has 6 rings (SSSR count). The van der Waals surface area contributed by atoms with Crippen molar-refractivity contribution in [1.29, 1.82) is 0 Å². The summed E-state index contributed by atoms with van der Waals surface area (Å²) >= 11 is 0. The van der Waals surface area contributed by atoms with Gasteiger partial charge in [-0.15, -0.1) is 0 Å². The van der Waals surface area contributed by atoms with E-state index in [9.17, 15) is 9.59 Å². The van der Waals surface area contributed by atoms with E-state index in [0.29, 0.717) is 35.9 Å². The van der Waals surface area contributed by atoms with Gasteiger partial charge in [0.05, 0.1) is 5.69 Å². The number of aromatic nitrogens is 2. The molecule has 1 fully saturated rings. The number of hydrogen-bond donors (Lipinski definition) is 0. The van der Waals surface area contributed by atoms with Crippen molar-refractivity contribution >= 4 is 17.5 Å². The molecule has 180 valence electrons. The van der Waals surface area contributed by atoms with Gasteiger partial charge in [-0.2, -0.15) is 4.98 Å². The largest absolute Gasteiger partial charge is 0.482 e. The third-order valence-corrected chi connectivity index (χ3v) is 6.42. The minimum Gasteiger partial charge on any atom is -0.482 e. The molecule has 0 saturated carbocycles. The highest BCUT2D eigenvalue weighted by Gasteiger charge is 2.28. The van der Waals surface area contributed by atoms with Crippen LogP contribution in [0.1, 0.15) is 16.2 Å². The van der Waals surface area contributed by atoms with Gasteiger partial charge in [-0.1, -0.05) is 11.2 Å². The molecule has 0 unspecified atom stereocenters. The molecule has 0 N–H and O–H groups in total. The van der Waals surface area contributed by atoms with Crippen molar-refractivity contribution in [3.8, 4) is 28.6 Å². The summed E-state index contributed by atoms with van der Waals surface area (Å²) in [6.45, 7) is 3.59. The van der Waals surface area contributed by atoms with E-state index in [1.165, 1.54) is 0 Å². The maximum atomic E-state index is 13.0. The number of carbonyl (C=O) groups is 2. The smallest absolute Gasteiger partial charge is 0.316 e. The zero-order valence-corrected chi connectivity index (χ0v) is 19.1. The molecule has 3 aliphatic heterocycles. The van der Waals surface area contributed by atoms with Crippen LogP contribution in [0.5, 0.6) is 17.2 Å². The molecule has 0 aliphatic carbocycles. The van der Waals surface area contributed by atoms with E-state index in [1.54, 1.807) is 35.0 Å². The van der Waals surface area contributed by atoms with Crippen molar-refractivity contribution in [2.24, 2.45) is 0 Å². The number of benzene rings is 2. The lowest BCUT2D eigenvalue weighted by Gasteiger charge is -2.34. The van der Waals surface area contributed by atoms with Crippen molar-refractivity contribution < 1.29 is 28.3 Å². The first kappa shape index (κ1) is 21.4. The maximum Gasteiger partial charge on any atom is 0.316 e. The number of piperazine rings is 1. The van der Waals surface area contributed by atoms with Crippen LogP contribution >= 0.6 is 0 Å². The quantitative estimate of drug-likeness (QED) is 0.555. The van der Waals surface area contributed by atoms with Crippen molar-refractivity contribution in [2.75, 3.05) is 51.5 Å². The molecular formula is C24H23N5O6.